The smallest absolute Gasteiger partial charge is 0.327 e. The van der Waals surface area contributed by atoms with Crippen LogP contribution in [0.3, 0.4) is 0 Å². The number of hydrogen-bond donors (Lipinski definition) is 1. The van der Waals surface area contributed by atoms with E-state index in [1.54, 1.807) is 0 Å². The van der Waals surface area contributed by atoms with Crippen molar-refractivity contribution in [1.29, 1.82) is 0 Å². The van der Waals surface area contributed by atoms with Crippen LogP contribution in [0.4, 0.5) is 13.2 Å². The number of halogens is 3. The zero-order valence-electron chi connectivity index (χ0n) is 10.8. The first-order valence-corrected chi connectivity index (χ1v) is 7.19. The maximum Gasteiger partial charge on any atom is 0.453 e. The minimum absolute atomic E-state index is 0.0885. The molecule has 2 N–H and O–H groups in total. The van der Waals surface area contributed by atoms with Gasteiger partial charge in [0.2, 0.25) is 4.96 Å². The molecule has 1 saturated carbocycles. The lowest BCUT2D eigenvalue weighted by Gasteiger charge is -2.37. The van der Waals surface area contributed by atoms with Gasteiger partial charge in [-0.2, -0.15) is 22.8 Å². The average molecular weight is 305 g/mol. The first kappa shape index (κ1) is 13.7. The minimum atomic E-state index is -4.56. The summed E-state index contributed by atoms with van der Waals surface area (Å²) in [4.78, 5) is 0.159. The summed E-state index contributed by atoms with van der Waals surface area (Å²) in [7, 11) is 0. The number of nitrogens with zero attached hydrogens (tertiary/aromatic N) is 4. The van der Waals surface area contributed by atoms with Crippen LogP contribution in [-0.4, -0.2) is 25.9 Å². The predicted molar refractivity (Wildman–Crippen MR) is 67.5 cm³/mol. The van der Waals surface area contributed by atoms with Crippen molar-refractivity contribution in [3.8, 4) is 0 Å². The van der Waals surface area contributed by atoms with Gasteiger partial charge in [-0.3, -0.25) is 0 Å². The van der Waals surface area contributed by atoms with Gasteiger partial charge < -0.3 is 5.73 Å². The van der Waals surface area contributed by atoms with Crippen molar-refractivity contribution in [3.05, 3.63) is 10.8 Å². The minimum Gasteiger partial charge on any atom is -0.327 e. The zero-order valence-corrected chi connectivity index (χ0v) is 11.6. The number of alkyl halides is 3. The first-order chi connectivity index (χ1) is 9.32. The maximum absolute atomic E-state index is 12.8. The second-order valence-electron chi connectivity index (χ2n) is 5.39. The van der Waals surface area contributed by atoms with Crippen LogP contribution in [0.5, 0.6) is 0 Å². The summed E-state index contributed by atoms with van der Waals surface area (Å²) in [5, 5.41) is 11.4. The molecule has 0 amide bonds. The Labute approximate surface area is 117 Å². The van der Waals surface area contributed by atoms with Crippen molar-refractivity contribution in [2.75, 3.05) is 0 Å². The molecule has 0 radical (unpaired) electrons. The molecule has 1 aliphatic rings. The molecule has 2 aromatic heterocycles. The van der Waals surface area contributed by atoms with Crippen LogP contribution in [0.25, 0.3) is 4.96 Å². The Morgan fingerprint density at radius 2 is 2.10 bits per heavy atom. The van der Waals surface area contributed by atoms with Gasteiger partial charge in [0.25, 0.3) is 5.82 Å². The molecular formula is C11H14F3N5S. The lowest BCUT2D eigenvalue weighted by atomic mass is 9.72. The largest absolute Gasteiger partial charge is 0.453 e. The van der Waals surface area contributed by atoms with Gasteiger partial charge in [-0.15, -0.1) is 10.2 Å². The quantitative estimate of drug-likeness (QED) is 0.878. The fourth-order valence-electron chi connectivity index (χ4n) is 2.65. The Morgan fingerprint density at radius 3 is 2.75 bits per heavy atom. The van der Waals surface area contributed by atoms with Crippen LogP contribution in [0.2, 0.25) is 0 Å². The third kappa shape index (κ3) is 1.99. The van der Waals surface area contributed by atoms with Crippen molar-refractivity contribution in [1.82, 2.24) is 19.8 Å². The van der Waals surface area contributed by atoms with Gasteiger partial charge in [0, 0.05) is 11.5 Å². The van der Waals surface area contributed by atoms with Crippen LogP contribution in [-0.2, 0) is 11.6 Å². The van der Waals surface area contributed by atoms with Gasteiger partial charge in [0.05, 0.1) is 0 Å². The van der Waals surface area contributed by atoms with Gasteiger partial charge in [0.15, 0.2) is 0 Å². The van der Waals surface area contributed by atoms with Crippen molar-refractivity contribution in [2.45, 2.75) is 50.2 Å². The Bertz CT molecular complexity index is 634. The van der Waals surface area contributed by atoms with Crippen LogP contribution < -0.4 is 5.73 Å². The monoisotopic (exact) mass is 305 g/mol. The molecule has 0 aromatic carbocycles. The Kier molecular flexibility index (Phi) is 3.02. The topological polar surface area (TPSA) is 69.1 Å². The number of rotatable bonds is 1. The molecule has 2 heterocycles. The fourth-order valence-corrected chi connectivity index (χ4v) is 3.73. The van der Waals surface area contributed by atoms with Gasteiger partial charge in [-0.05, 0) is 12.8 Å². The van der Waals surface area contributed by atoms with Gasteiger partial charge in [-0.1, -0.05) is 31.1 Å². The summed E-state index contributed by atoms with van der Waals surface area (Å²) in [5.74, 6) is -1.08. The molecule has 2 unspecified atom stereocenters. The number of hydrogen-bond acceptors (Lipinski definition) is 5. The maximum atomic E-state index is 12.8. The average Bonchev–Trinajstić information content (AvgIpc) is 2.90. The molecule has 2 atom stereocenters. The second-order valence-corrected chi connectivity index (χ2v) is 6.35. The molecule has 0 bridgehead atoms. The van der Waals surface area contributed by atoms with E-state index in [0.717, 1.165) is 41.5 Å². The molecule has 1 aliphatic carbocycles. The van der Waals surface area contributed by atoms with E-state index in [1.165, 1.54) is 0 Å². The molecule has 110 valence electrons. The number of nitrogens with two attached hydrogens (primary N) is 1. The van der Waals surface area contributed by atoms with Crippen LogP contribution in [0.15, 0.2) is 0 Å². The zero-order chi connectivity index (χ0) is 14.5. The fraction of sp³-hybridized carbons (Fsp3) is 0.727. The molecule has 0 spiro atoms. The van der Waals surface area contributed by atoms with Gasteiger partial charge in [-0.25, -0.2) is 0 Å². The summed E-state index contributed by atoms with van der Waals surface area (Å²) >= 11 is 1.14. The highest BCUT2D eigenvalue weighted by Gasteiger charge is 2.42. The third-order valence-electron chi connectivity index (χ3n) is 4.01. The van der Waals surface area contributed by atoms with E-state index < -0.39 is 12.0 Å². The Hall–Kier alpha value is -1.22. The second kappa shape index (κ2) is 4.39. The molecule has 20 heavy (non-hydrogen) atoms. The summed E-state index contributed by atoms with van der Waals surface area (Å²) < 4.78 is 39.2. The summed E-state index contributed by atoms with van der Waals surface area (Å²) in [5.41, 5.74) is 5.78. The van der Waals surface area contributed by atoms with Crippen molar-refractivity contribution in [3.63, 3.8) is 0 Å². The summed E-state index contributed by atoms with van der Waals surface area (Å²) in [6, 6.07) is -0.0885. The van der Waals surface area contributed by atoms with Gasteiger partial charge >= 0.3 is 6.18 Å². The number of fused-ring (bicyclic) bond motifs is 1. The molecule has 3 rings (SSSR count). The van der Waals surface area contributed by atoms with Crippen LogP contribution in [0, 0.1) is 0 Å². The Morgan fingerprint density at radius 1 is 1.35 bits per heavy atom. The van der Waals surface area contributed by atoms with E-state index in [-0.39, 0.29) is 16.4 Å². The van der Waals surface area contributed by atoms with E-state index in [1.807, 2.05) is 6.92 Å². The lowest BCUT2D eigenvalue weighted by Crippen LogP contribution is -2.45. The highest BCUT2D eigenvalue weighted by atomic mass is 32.1. The van der Waals surface area contributed by atoms with E-state index in [9.17, 15) is 13.2 Å². The van der Waals surface area contributed by atoms with Gasteiger partial charge in [0.1, 0.15) is 5.01 Å². The standard InChI is InChI=1S/C11H14F3N5S/c1-10(5-3-2-4-6(10)15)8-18-19-7(11(12,13)14)16-17-9(19)20-8/h6H,2-5,15H2,1H3. The molecule has 2 aromatic rings. The normalized spacial score (nSPS) is 28.1. The lowest BCUT2D eigenvalue weighted by molar-refractivity contribution is -0.146. The summed E-state index contributed by atoms with van der Waals surface area (Å²) in [6.45, 7) is 1.97. The molecule has 0 aliphatic heterocycles. The van der Waals surface area contributed by atoms with Crippen molar-refractivity contribution >= 4 is 16.3 Å². The number of aromatic nitrogens is 4. The molecule has 9 heteroatoms. The van der Waals surface area contributed by atoms with E-state index >= 15 is 0 Å². The summed E-state index contributed by atoms with van der Waals surface area (Å²) in [6.07, 6.45) is -0.798. The molecule has 1 fully saturated rings. The first-order valence-electron chi connectivity index (χ1n) is 6.38. The van der Waals surface area contributed by atoms with E-state index in [2.05, 4.69) is 15.3 Å². The molecule has 5 nitrogen and oxygen atoms in total. The molecule has 0 saturated heterocycles. The van der Waals surface area contributed by atoms with E-state index in [0.29, 0.717) is 5.01 Å². The predicted octanol–water partition coefficient (Wildman–Crippen LogP) is 2.36. The van der Waals surface area contributed by atoms with Crippen molar-refractivity contribution in [2.24, 2.45) is 5.73 Å². The van der Waals surface area contributed by atoms with Crippen LogP contribution >= 0.6 is 11.3 Å². The highest BCUT2D eigenvalue weighted by molar-refractivity contribution is 7.16. The van der Waals surface area contributed by atoms with E-state index in [4.69, 9.17) is 5.73 Å². The molecular weight excluding hydrogens is 291 g/mol. The van der Waals surface area contributed by atoms with Crippen molar-refractivity contribution < 1.29 is 13.2 Å². The Balaban J connectivity index is 2.07. The third-order valence-corrected chi connectivity index (χ3v) is 5.19. The SMILES string of the molecule is CC1(c2nn3c(C(F)(F)F)nnc3s2)CCCCC1N. The van der Waals surface area contributed by atoms with Crippen LogP contribution in [0.1, 0.15) is 43.4 Å². The highest BCUT2D eigenvalue weighted by Crippen LogP contribution is 2.40.